The minimum atomic E-state index is -0.447. The van der Waals surface area contributed by atoms with Gasteiger partial charge in [-0.15, -0.1) is 0 Å². The summed E-state index contributed by atoms with van der Waals surface area (Å²) in [6, 6.07) is 6.82. The molecule has 1 aromatic heterocycles. The molecule has 0 aliphatic carbocycles. The number of hydrogen-bond acceptors (Lipinski definition) is 4. The summed E-state index contributed by atoms with van der Waals surface area (Å²) in [5.74, 6) is 0.270. The fourth-order valence-electron chi connectivity index (χ4n) is 1.61. The van der Waals surface area contributed by atoms with Crippen molar-refractivity contribution in [3.8, 4) is 0 Å². The molecule has 0 unspecified atom stereocenters. The van der Waals surface area contributed by atoms with Crippen LogP contribution in [0.15, 0.2) is 37.8 Å². The Kier molecular flexibility index (Phi) is 5.12. The summed E-state index contributed by atoms with van der Waals surface area (Å²) in [4.78, 5) is 11.7. The molecule has 0 saturated heterocycles. The van der Waals surface area contributed by atoms with Crippen LogP contribution < -0.4 is 5.32 Å². The van der Waals surface area contributed by atoms with Gasteiger partial charge in [-0.25, -0.2) is 4.79 Å². The van der Waals surface area contributed by atoms with Gasteiger partial charge in [0.25, 0.3) is 0 Å². The second kappa shape index (κ2) is 6.65. The van der Waals surface area contributed by atoms with Gasteiger partial charge in [-0.3, -0.25) is 0 Å². The third-order valence-electron chi connectivity index (χ3n) is 2.54. The molecule has 4 nitrogen and oxygen atoms in total. The maximum absolute atomic E-state index is 11.7. The zero-order chi connectivity index (χ0) is 14.7. The zero-order valence-electron chi connectivity index (χ0n) is 10.4. The maximum atomic E-state index is 11.7. The molecule has 106 valence electrons. The fraction of sp³-hybridized carbons (Fsp3) is 0.154. The van der Waals surface area contributed by atoms with Gasteiger partial charge in [-0.2, -0.15) is 0 Å². The van der Waals surface area contributed by atoms with Crippen molar-refractivity contribution in [2.45, 2.75) is 6.54 Å². The van der Waals surface area contributed by atoms with Crippen LogP contribution in [-0.2, 0) is 11.3 Å². The fourth-order valence-corrected chi connectivity index (χ4v) is 2.44. The van der Waals surface area contributed by atoms with E-state index in [9.17, 15) is 4.79 Å². The van der Waals surface area contributed by atoms with E-state index in [0.29, 0.717) is 27.5 Å². The first-order valence-corrected chi connectivity index (χ1v) is 7.53. The molecule has 0 aliphatic rings. The van der Waals surface area contributed by atoms with Crippen molar-refractivity contribution in [2.24, 2.45) is 0 Å². The van der Waals surface area contributed by atoms with Crippen molar-refractivity contribution >= 4 is 55.1 Å². The van der Waals surface area contributed by atoms with E-state index in [1.165, 1.54) is 7.11 Å². The van der Waals surface area contributed by atoms with Crippen LogP contribution in [0.1, 0.15) is 16.1 Å². The average Bonchev–Trinajstić information content (AvgIpc) is 2.75. The summed E-state index contributed by atoms with van der Waals surface area (Å²) in [6.45, 7) is 0.426. The summed E-state index contributed by atoms with van der Waals surface area (Å²) < 4.78 is 11.6. The topological polar surface area (TPSA) is 51.5 Å². The van der Waals surface area contributed by atoms with Gasteiger partial charge in [-0.1, -0.05) is 11.6 Å². The van der Waals surface area contributed by atoms with Crippen LogP contribution in [0.5, 0.6) is 0 Å². The van der Waals surface area contributed by atoms with Crippen molar-refractivity contribution in [1.29, 1.82) is 0 Å². The number of carbonyl (C=O) groups is 1. The monoisotopic (exact) mass is 421 g/mol. The molecular formula is C13H10Br2ClNO3. The maximum Gasteiger partial charge on any atom is 0.340 e. The molecule has 0 bridgehead atoms. The minimum Gasteiger partial charge on any atom is -0.465 e. The first kappa shape index (κ1) is 15.4. The molecule has 0 radical (unpaired) electrons. The number of furan rings is 1. The number of carbonyl (C=O) groups excluding carboxylic acids is 1. The number of halogens is 3. The molecule has 0 spiro atoms. The predicted molar refractivity (Wildman–Crippen MR) is 84.2 cm³/mol. The lowest BCUT2D eigenvalue weighted by Gasteiger charge is -2.10. The van der Waals surface area contributed by atoms with Gasteiger partial charge in [-0.05, 0) is 56.1 Å². The van der Waals surface area contributed by atoms with Crippen molar-refractivity contribution < 1.29 is 13.9 Å². The molecule has 1 aromatic carbocycles. The minimum absolute atomic E-state index is 0.379. The predicted octanol–water partition coefficient (Wildman–Crippen LogP) is 4.86. The molecule has 0 atom stereocenters. The van der Waals surface area contributed by atoms with Crippen molar-refractivity contribution in [3.63, 3.8) is 0 Å². The summed E-state index contributed by atoms with van der Waals surface area (Å²) in [5, 5.41) is 3.59. The molecule has 0 aliphatic heterocycles. The quantitative estimate of drug-likeness (QED) is 0.714. The summed E-state index contributed by atoms with van der Waals surface area (Å²) >= 11 is 12.5. The Bertz CT molecular complexity index is 623. The number of nitrogens with one attached hydrogen (secondary N) is 1. The number of anilines is 1. The number of ether oxygens (including phenoxy) is 1. The van der Waals surface area contributed by atoms with Crippen LogP contribution in [-0.4, -0.2) is 13.1 Å². The first-order chi connectivity index (χ1) is 9.51. The molecule has 20 heavy (non-hydrogen) atoms. The van der Waals surface area contributed by atoms with Gasteiger partial charge in [0.1, 0.15) is 5.76 Å². The molecule has 1 N–H and O–H groups in total. The van der Waals surface area contributed by atoms with E-state index < -0.39 is 5.97 Å². The van der Waals surface area contributed by atoms with Crippen molar-refractivity contribution in [2.75, 3.05) is 12.4 Å². The molecule has 7 heteroatoms. The normalized spacial score (nSPS) is 10.4. The van der Waals surface area contributed by atoms with Crippen molar-refractivity contribution in [1.82, 2.24) is 0 Å². The number of rotatable bonds is 4. The number of benzene rings is 1. The molecule has 2 rings (SSSR count). The van der Waals surface area contributed by atoms with Gasteiger partial charge < -0.3 is 14.5 Å². The largest absolute Gasteiger partial charge is 0.465 e. The molecule has 2 aromatic rings. The van der Waals surface area contributed by atoms with Crippen molar-refractivity contribution in [3.05, 3.63) is 49.8 Å². The smallest absolute Gasteiger partial charge is 0.340 e. The number of hydrogen-bond donors (Lipinski definition) is 1. The van der Waals surface area contributed by atoms with Crippen LogP contribution in [0.3, 0.4) is 0 Å². The zero-order valence-corrected chi connectivity index (χ0v) is 14.3. The van der Waals surface area contributed by atoms with Gasteiger partial charge in [0.15, 0.2) is 4.67 Å². The molecule has 1 heterocycles. The highest BCUT2D eigenvalue weighted by atomic mass is 79.9. The Labute approximate surface area is 137 Å². The molecule has 0 fully saturated rings. The van der Waals surface area contributed by atoms with E-state index in [4.69, 9.17) is 20.8 Å². The Balaban J connectivity index is 2.18. The van der Waals surface area contributed by atoms with Crippen LogP contribution in [0.2, 0.25) is 5.02 Å². The second-order valence-corrected chi connectivity index (χ2v) is 5.88. The lowest BCUT2D eigenvalue weighted by molar-refractivity contribution is 0.0602. The van der Waals surface area contributed by atoms with Crippen LogP contribution >= 0.6 is 43.5 Å². The molecular weight excluding hydrogens is 413 g/mol. The van der Waals surface area contributed by atoms with Gasteiger partial charge in [0.2, 0.25) is 0 Å². The molecule has 0 saturated carbocycles. The van der Waals surface area contributed by atoms with Crippen LogP contribution in [0, 0.1) is 0 Å². The van der Waals surface area contributed by atoms with E-state index in [1.54, 1.807) is 18.2 Å². The highest BCUT2D eigenvalue weighted by Crippen LogP contribution is 2.28. The Morgan fingerprint density at radius 3 is 2.75 bits per heavy atom. The van der Waals surface area contributed by atoms with E-state index in [-0.39, 0.29) is 0 Å². The van der Waals surface area contributed by atoms with Gasteiger partial charge in [0, 0.05) is 10.7 Å². The highest BCUT2D eigenvalue weighted by Gasteiger charge is 2.13. The Morgan fingerprint density at radius 1 is 1.40 bits per heavy atom. The van der Waals surface area contributed by atoms with Gasteiger partial charge >= 0.3 is 5.97 Å². The third-order valence-corrected chi connectivity index (χ3v) is 4.48. The SMILES string of the molecule is COC(=O)c1cc(Cl)ccc1NCc1cc(Br)c(Br)o1. The highest BCUT2D eigenvalue weighted by molar-refractivity contribution is 9.13. The number of esters is 1. The lowest BCUT2D eigenvalue weighted by atomic mass is 10.1. The first-order valence-electron chi connectivity index (χ1n) is 5.56. The molecule has 0 amide bonds. The van der Waals surface area contributed by atoms with E-state index in [1.807, 2.05) is 6.07 Å². The van der Waals surface area contributed by atoms with E-state index >= 15 is 0 Å². The Morgan fingerprint density at radius 2 is 2.15 bits per heavy atom. The standard InChI is InChI=1S/C13H10Br2ClNO3/c1-19-13(18)9-4-7(16)2-3-11(9)17-6-8-5-10(14)12(15)20-8/h2-5,17H,6H2,1H3. The van der Waals surface area contributed by atoms with Crippen LogP contribution in [0.4, 0.5) is 5.69 Å². The second-order valence-electron chi connectivity index (χ2n) is 3.87. The van der Waals surface area contributed by atoms with Crippen LogP contribution in [0.25, 0.3) is 0 Å². The summed E-state index contributed by atoms with van der Waals surface area (Å²) in [6.07, 6.45) is 0. The van der Waals surface area contributed by atoms with E-state index in [0.717, 1.165) is 10.2 Å². The lowest BCUT2D eigenvalue weighted by Crippen LogP contribution is -2.08. The van der Waals surface area contributed by atoms with E-state index in [2.05, 4.69) is 37.2 Å². The summed E-state index contributed by atoms with van der Waals surface area (Å²) in [7, 11) is 1.33. The summed E-state index contributed by atoms with van der Waals surface area (Å²) in [5.41, 5.74) is 1.01. The number of methoxy groups -OCH3 is 1. The average molecular weight is 423 g/mol. The van der Waals surface area contributed by atoms with Gasteiger partial charge in [0.05, 0.1) is 23.7 Å². The Hall–Kier alpha value is -0.980. The third kappa shape index (κ3) is 3.56.